The maximum absolute atomic E-state index is 12.8. The molecule has 0 radical (unpaired) electrons. The van der Waals surface area contributed by atoms with Crippen molar-refractivity contribution in [3.8, 4) is 11.4 Å². The highest BCUT2D eigenvalue weighted by molar-refractivity contribution is 7.98. The molecule has 1 aliphatic rings. The fourth-order valence-corrected chi connectivity index (χ4v) is 4.46. The molecular weight excluding hydrogens is 440 g/mol. The second-order valence-electron chi connectivity index (χ2n) is 7.21. The van der Waals surface area contributed by atoms with Crippen LogP contribution in [-0.2, 0) is 0 Å². The van der Waals surface area contributed by atoms with E-state index in [1.165, 1.54) is 4.90 Å². The Balaban J connectivity index is 1.77. The van der Waals surface area contributed by atoms with Gasteiger partial charge >= 0.3 is 6.03 Å². The zero-order valence-corrected chi connectivity index (χ0v) is 19.8. The molecule has 0 bridgehead atoms. The van der Waals surface area contributed by atoms with Crippen LogP contribution in [0.1, 0.15) is 24.4 Å². The molecule has 8 heteroatoms. The summed E-state index contributed by atoms with van der Waals surface area (Å²) in [7, 11) is 0. The van der Waals surface area contributed by atoms with Gasteiger partial charge in [0.05, 0.1) is 11.6 Å². The Hall–Kier alpha value is -2.97. The summed E-state index contributed by atoms with van der Waals surface area (Å²) >= 11 is 3.35. The lowest BCUT2D eigenvalue weighted by molar-refractivity contribution is 0.209. The molecule has 2 amide bonds. The molecule has 4 rings (SSSR count). The van der Waals surface area contributed by atoms with E-state index in [4.69, 9.17) is 4.52 Å². The Morgan fingerprint density at radius 1 is 1.09 bits per heavy atom. The molecule has 0 saturated heterocycles. The van der Waals surface area contributed by atoms with Crippen LogP contribution in [0.25, 0.3) is 17.0 Å². The van der Waals surface area contributed by atoms with Crippen LogP contribution in [0, 0.1) is 0 Å². The van der Waals surface area contributed by atoms with E-state index < -0.39 is 6.04 Å². The minimum atomic E-state index is -0.397. The summed E-state index contributed by atoms with van der Waals surface area (Å²) in [4.78, 5) is 21.5. The standard InChI is InChI=1S/C24H24N4O2S2/c1-5-14-28-15(2)20(21(25-24(28)29)16-6-10-18(31-3)11-7-16)23-26-22(27-30-23)17-8-12-19(32-4)13-9-17/h5-13,21H,1,14H2,2-4H3,(H,25,29). The van der Waals surface area contributed by atoms with E-state index in [-0.39, 0.29) is 6.03 Å². The van der Waals surface area contributed by atoms with Gasteiger partial charge in [-0.1, -0.05) is 23.4 Å². The molecule has 1 aliphatic heterocycles. The zero-order valence-electron chi connectivity index (χ0n) is 18.2. The molecule has 1 aromatic heterocycles. The third-order valence-corrected chi connectivity index (χ3v) is 6.85. The van der Waals surface area contributed by atoms with Crippen molar-refractivity contribution in [1.29, 1.82) is 0 Å². The van der Waals surface area contributed by atoms with Crippen LogP contribution in [-0.4, -0.2) is 40.1 Å². The number of aromatic nitrogens is 2. The average Bonchev–Trinajstić information content (AvgIpc) is 3.31. The highest BCUT2D eigenvalue weighted by atomic mass is 32.2. The maximum Gasteiger partial charge on any atom is 0.322 e. The first-order chi connectivity index (χ1) is 15.5. The SMILES string of the molecule is C=CCN1C(=O)NC(c2ccc(SC)cc2)C(c2nc(-c3ccc(SC)cc3)no2)=C1C. The zero-order chi connectivity index (χ0) is 22.7. The number of carbonyl (C=O) groups is 1. The molecule has 6 nitrogen and oxygen atoms in total. The van der Waals surface area contributed by atoms with Crippen molar-refractivity contribution in [3.05, 3.63) is 78.3 Å². The summed E-state index contributed by atoms with van der Waals surface area (Å²) in [6.07, 6.45) is 5.77. The second kappa shape index (κ2) is 9.67. The molecule has 0 saturated carbocycles. The first-order valence-electron chi connectivity index (χ1n) is 10.1. The molecule has 164 valence electrons. The number of nitrogens with one attached hydrogen (secondary N) is 1. The van der Waals surface area contributed by atoms with Gasteiger partial charge in [0.15, 0.2) is 0 Å². The van der Waals surface area contributed by atoms with Crippen LogP contribution in [0.5, 0.6) is 0 Å². The van der Waals surface area contributed by atoms with E-state index in [2.05, 4.69) is 22.0 Å². The van der Waals surface area contributed by atoms with Crippen LogP contribution < -0.4 is 5.32 Å². The lowest BCUT2D eigenvalue weighted by Gasteiger charge is -2.34. The summed E-state index contributed by atoms with van der Waals surface area (Å²) in [5, 5.41) is 7.31. The Kier molecular flexibility index (Phi) is 6.72. The Labute approximate surface area is 196 Å². The van der Waals surface area contributed by atoms with E-state index >= 15 is 0 Å². The molecule has 2 heterocycles. The van der Waals surface area contributed by atoms with Gasteiger partial charge < -0.3 is 9.84 Å². The van der Waals surface area contributed by atoms with Crippen molar-refractivity contribution in [3.63, 3.8) is 0 Å². The number of thioether (sulfide) groups is 2. The number of allylic oxidation sites excluding steroid dienone is 1. The van der Waals surface area contributed by atoms with Crippen LogP contribution in [0.2, 0.25) is 0 Å². The summed E-state index contributed by atoms with van der Waals surface area (Å²) in [5.41, 5.74) is 3.37. The number of carbonyl (C=O) groups excluding carboxylic acids is 1. The van der Waals surface area contributed by atoms with Gasteiger partial charge in [0.1, 0.15) is 0 Å². The van der Waals surface area contributed by atoms with Crippen molar-refractivity contribution in [2.24, 2.45) is 0 Å². The van der Waals surface area contributed by atoms with Crippen molar-refractivity contribution in [1.82, 2.24) is 20.4 Å². The third-order valence-electron chi connectivity index (χ3n) is 5.36. The number of amides is 2. The van der Waals surface area contributed by atoms with Crippen LogP contribution in [0.4, 0.5) is 4.79 Å². The van der Waals surface area contributed by atoms with Gasteiger partial charge in [0, 0.05) is 27.6 Å². The summed E-state index contributed by atoms with van der Waals surface area (Å²) in [5.74, 6) is 0.899. The quantitative estimate of drug-likeness (QED) is 0.349. The number of hydrogen-bond acceptors (Lipinski definition) is 6. The molecule has 1 unspecified atom stereocenters. The van der Waals surface area contributed by atoms with Crippen LogP contribution in [0.3, 0.4) is 0 Å². The van der Waals surface area contributed by atoms with E-state index in [9.17, 15) is 4.79 Å². The van der Waals surface area contributed by atoms with Gasteiger partial charge in [-0.2, -0.15) is 4.98 Å². The first-order valence-corrected chi connectivity index (χ1v) is 12.5. The van der Waals surface area contributed by atoms with E-state index in [1.807, 2.05) is 68.0 Å². The second-order valence-corrected chi connectivity index (χ2v) is 8.96. The molecule has 1 N–H and O–H groups in total. The summed E-state index contributed by atoms with van der Waals surface area (Å²) in [6, 6.07) is 15.6. The molecule has 2 aromatic carbocycles. The van der Waals surface area contributed by atoms with Crippen molar-refractivity contribution in [2.75, 3.05) is 19.1 Å². The maximum atomic E-state index is 12.8. The summed E-state index contributed by atoms with van der Waals surface area (Å²) in [6.45, 7) is 6.06. The molecule has 0 aliphatic carbocycles. The highest BCUT2D eigenvalue weighted by Gasteiger charge is 2.35. The fourth-order valence-electron chi connectivity index (χ4n) is 3.64. The number of hydrogen-bond donors (Lipinski definition) is 1. The van der Waals surface area contributed by atoms with Crippen LogP contribution in [0.15, 0.2) is 81.2 Å². The monoisotopic (exact) mass is 464 g/mol. The van der Waals surface area contributed by atoms with Crippen molar-refractivity contribution < 1.29 is 9.32 Å². The van der Waals surface area contributed by atoms with Gasteiger partial charge in [-0.15, -0.1) is 30.1 Å². The lowest BCUT2D eigenvalue weighted by atomic mass is 9.94. The van der Waals surface area contributed by atoms with Gasteiger partial charge in [-0.25, -0.2) is 4.79 Å². The largest absolute Gasteiger partial charge is 0.334 e. The van der Waals surface area contributed by atoms with E-state index in [0.29, 0.717) is 18.3 Å². The Morgan fingerprint density at radius 3 is 2.31 bits per heavy atom. The number of urea groups is 1. The topological polar surface area (TPSA) is 71.3 Å². The highest BCUT2D eigenvalue weighted by Crippen LogP contribution is 2.37. The molecule has 0 spiro atoms. The predicted octanol–water partition coefficient (Wildman–Crippen LogP) is 5.86. The fraction of sp³-hybridized carbons (Fsp3) is 0.208. The van der Waals surface area contributed by atoms with Crippen molar-refractivity contribution in [2.45, 2.75) is 22.8 Å². The normalized spacial score (nSPS) is 16.3. The number of benzene rings is 2. The predicted molar refractivity (Wildman–Crippen MR) is 131 cm³/mol. The Bertz CT molecular complexity index is 1150. The minimum absolute atomic E-state index is 0.183. The van der Waals surface area contributed by atoms with Gasteiger partial charge in [-0.3, -0.25) is 4.90 Å². The van der Waals surface area contributed by atoms with Crippen LogP contribution >= 0.6 is 23.5 Å². The smallest absolute Gasteiger partial charge is 0.322 e. The van der Waals surface area contributed by atoms with Crippen molar-refractivity contribution >= 4 is 35.1 Å². The number of nitrogens with zero attached hydrogens (tertiary/aromatic N) is 3. The van der Waals surface area contributed by atoms with Gasteiger partial charge in [0.25, 0.3) is 5.89 Å². The lowest BCUT2D eigenvalue weighted by Crippen LogP contribution is -2.46. The average molecular weight is 465 g/mol. The van der Waals surface area contributed by atoms with E-state index in [0.717, 1.165) is 27.3 Å². The third kappa shape index (κ3) is 4.33. The molecule has 3 aromatic rings. The van der Waals surface area contributed by atoms with Gasteiger partial charge in [0.2, 0.25) is 5.82 Å². The molecular formula is C24H24N4O2S2. The molecule has 32 heavy (non-hydrogen) atoms. The van der Waals surface area contributed by atoms with E-state index in [1.54, 1.807) is 34.5 Å². The summed E-state index contributed by atoms with van der Waals surface area (Å²) < 4.78 is 5.71. The Morgan fingerprint density at radius 2 is 1.72 bits per heavy atom. The first kappa shape index (κ1) is 22.2. The molecule has 0 fully saturated rings. The minimum Gasteiger partial charge on any atom is -0.334 e. The van der Waals surface area contributed by atoms with Gasteiger partial charge in [-0.05, 0) is 61.4 Å². The molecule has 1 atom stereocenters. The number of rotatable bonds is 7.